The van der Waals surface area contributed by atoms with E-state index in [1.807, 2.05) is 37.3 Å². The van der Waals surface area contributed by atoms with Crippen molar-refractivity contribution in [1.29, 1.82) is 5.26 Å². The Labute approximate surface area is 191 Å². The lowest BCUT2D eigenvalue weighted by Gasteiger charge is -2.17. The molecule has 0 bridgehead atoms. The van der Waals surface area contributed by atoms with E-state index >= 15 is 0 Å². The average Bonchev–Trinajstić information content (AvgIpc) is 2.82. The van der Waals surface area contributed by atoms with Crippen LogP contribution in [0.4, 0.5) is 0 Å². The van der Waals surface area contributed by atoms with Crippen molar-refractivity contribution in [1.82, 2.24) is 4.57 Å². The number of pyridine rings is 1. The third kappa shape index (κ3) is 4.26. The molecule has 3 rings (SSSR count). The van der Waals surface area contributed by atoms with E-state index in [9.17, 15) is 20.0 Å². The molecule has 8 heteroatoms. The van der Waals surface area contributed by atoms with Crippen LogP contribution in [-0.4, -0.2) is 36.8 Å². The van der Waals surface area contributed by atoms with Crippen molar-refractivity contribution in [3.63, 3.8) is 0 Å². The number of aromatic hydroxyl groups is 1. The molecule has 1 aromatic heterocycles. The number of nitriles is 1. The number of benzene rings is 2. The van der Waals surface area contributed by atoms with Crippen molar-refractivity contribution < 1.29 is 24.1 Å². The Balaban J connectivity index is 2.23. The van der Waals surface area contributed by atoms with Crippen molar-refractivity contribution in [2.24, 2.45) is 0 Å². The van der Waals surface area contributed by atoms with Crippen LogP contribution in [-0.2, 0) is 6.54 Å². The molecule has 8 nitrogen and oxygen atoms in total. The van der Waals surface area contributed by atoms with Gasteiger partial charge in [-0.2, -0.15) is 5.26 Å². The Morgan fingerprint density at radius 1 is 1.03 bits per heavy atom. The fourth-order valence-electron chi connectivity index (χ4n) is 3.60. The molecule has 1 heterocycles. The van der Waals surface area contributed by atoms with E-state index in [0.717, 1.165) is 15.7 Å². The van der Waals surface area contributed by atoms with Gasteiger partial charge in [-0.15, -0.1) is 0 Å². The number of nitrogens with zero attached hydrogens (tertiary/aromatic N) is 2. The number of aromatic nitrogens is 1. The standard InChI is InChI=1S/C25H24N2O6/c1-14-6-8-16(9-7-14)13-27-24(29)18(12-26)15(2)21(25(27)30)22(28)17-10-19(31-3)23(33-5)20(11-17)32-4/h6-11,30H,13H2,1-5H3. The third-order valence-electron chi connectivity index (χ3n) is 5.42. The molecule has 0 amide bonds. The summed E-state index contributed by atoms with van der Waals surface area (Å²) in [4.78, 5) is 26.4. The molecule has 0 saturated heterocycles. The van der Waals surface area contributed by atoms with Crippen molar-refractivity contribution in [2.45, 2.75) is 20.4 Å². The highest BCUT2D eigenvalue weighted by molar-refractivity contribution is 6.12. The minimum atomic E-state index is -0.672. The van der Waals surface area contributed by atoms with E-state index < -0.39 is 17.2 Å². The number of rotatable bonds is 7. The van der Waals surface area contributed by atoms with Crippen molar-refractivity contribution in [3.05, 3.63) is 80.1 Å². The lowest BCUT2D eigenvalue weighted by atomic mass is 9.96. The number of methoxy groups -OCH3 is 3. The molecule has 33 heavy (non-hydrogen) atoms. The molecule has 1 N–H and O–H groups in total. The number of carbonyl (C=O) groups is 1. The van der Waals surface area contributed by atoms with Gasteiger partial charge in [-0.25, -0.2) is 0 Å². The Morgan fingerprint density at radius 2 is 1.61 bits per heavy atom. The smallest absolute Gasteiger partial charge is 0.271 e. The van der Waals surface area contributed by atoms with Gasteiger partial charge in [0.1, 0.15) is 11.6 Å². The van der Waals surface area contributed by atoms with Crippen LogP contribution < -0.4 is 19.8 Å². The Bertz CT molecular complexity index is 1290. The summed E-state index contributed by atoms with van der Waals surface area (Å²) >= 11 is 0. The molecule has 0 spiro atoms. The second kappa shape index (κ2) is 9.49. The van der Waals surface area contributed by atoms with Gasteiger partial charge in [-0.1, -0.05) is 29.8 Å². The number of hydrogen-bond acceptors (Lipinski definition) is 7. The fourth-order valence-corrected chi connectivity index (χ4v) is 3.60. The zero-order chi connectivity index (χ0) is 24.3. The molecule has 0 fully saturated rings. The van der Waals surface area contributed by atoms with Gasteiger partial charge in [-0.3, -0.25) is 14.2 Å². The summed E-state index contributed by atoms with van der Waals surface area (Å²) in [6, 6.07) is 12.1. The van der Waals surface area contributed by atoms with Crippen LogP contribution >= 0.6 is 0 Å². The molecule has 0 aliphatic heterocycles. The number of ketones is 1. The Hall–Kier alpha value is -4.25. The maximum atomic E-state index is 13.5. The first kappa shape index (κ1) is 23.4. The SMILES string of the molecule is COc1cc(C(=O)c2c(C)c(C#N)c(=O)n(Cc3ccc(C)cc3)c2O)cc(OC)c1OC. The maximum Gasteiger partial charge on any atom is 0.271 e. The monoisotopic (exact) mass is 448 g/mol. The normalized spacial score (nSPS) is 10.4. The lowest BCUT2D eigenvalue weighted by molar-refractivity contribution is 0.103. The number of aryl methyl sites for hydroxylation is 1. The number of ether oxygens (including phenoxy) is 3. The van der Waals surface area contributed by atoms with E-state index in [1.54, 1.807) is 0 Å². The van der Waals surface area contributed by atoms with Crippen molar-refractivity contribution in [2.75, 3.05) is 21.3 Å². The summed E-state index contributed by atoms with van der Waals surface area (Å²) in [7, 11) is 4.28. The highest BCUT2D eigenvalue weighted by Gasteiger charge is 2.27. The Kier molecular flexibility index (Phi) is 6.73. The van der Waals surface area contributed by atoms with Gasteiger partial charge < -0.3 is 19.3 Å². The Morgan fingerprint density at radius 3 is 2.09 bits per heavy atom. The molecular formula is C25H24N2O6. The highest BCUT2D eigenvalue weighted by atomic mass is 16.5. The first-order valence-corrected chi connectivity index (χ1v) is 10.0. The van der Waals surface area contributed by atoms with Gasteiger partial charge >= 0.3 is 0 Å². The molecule has 0 aliphatic rings. The molecular weight excluding hydrogens is 424 g/mol. The highest BCUT2D eigenvalue weighted by Crippen LogP contribution is 2.39. The topological polar surface area (TPSA) is 111 Å². The first-order valence-electron chi connectivity index (χ1n) is 10.0. The number of hydrogen-bond donors (Lipinski definition) is 1. The van der Waals surface area contributed by atoms with Crippen LogP contribution in [0.3, 0.4) is 0 Å². The van der Waals surface area contributed by atoms with E-state index in [-0.39, 0.29) is 40.3 Å². The second-order valence-electron chi connectivity index (χ2n) is 7.43. The summed E-state index contributed by atoms with van der Waals surface area (Å²) in [5.74, 6) is -0.301. The summed E-state index contributed by atoms with van der Waals surface area (Å²) in [6.07, 6.45) is 0. The first-order chi connectivity index (χ1) is 15.8. The van der Waals surface area contributed by atoms with Gasteiger partial charge in [-0.05, 0) is 37.1 Å². The summed E-state index contributed by atoms with van der Waals surface area (Å²) in [5.41, 5.74) is 0.969. The molecule has 0 unspecified atom stereocenters. The second-order valence-corrected chi connectivity index (χ2v) is 7.43. The van der Waals surface area contributed by atoms with Gasteiger partial charge in [0.15, 0.2) is 17.3 Å². The van der Waals surface area contributed by atoms with E-state index in [0.29, 0.717) is 5.75 Å². The zero-order valence-corrected chi connectivity index (χ0v) is 19.1. The lowest BCUT2D eigenvalue weighted by Crippen LogP contribution is -2.27. The van der Waals surface area contributed by atoms with Crippen molar-refractivity contribution >= 4 is 5.78 Å². The zero-order valence-electron chi connectivity index (χ0n) is 19.1. The third-order valence-corrected chi connectivity index (χ3v) is 5.42. The van der Waals surface area contributed by atoms with Crippen LogP contribution in [0.25, 0.3) is 0 Å². The molecule has 2 aromatic carbocycles. The molecule has 170 valence electrons. The molecule has 0 radical (unpaired) electrons. The molecule has 0 saturated carbocycles. The van der Waals surface area contributed by atoms with Crippen LogP contribution in [0.2, 0.25) is 0 Å². The van der Waals surface area contributed by atoms with Gasteiger partial charge in [0, 0.05) is 5.56 Å². The van der Waals surface area contributed by atoms with Crippen LogP contribution in [0, 0.1) is 25.2 Å². The van der Waals surface area contributed by atoms with Crippen LogP contribution in [0.15, 0.2) is 41.2 Å². The van der Waals surface area contributed by atoms with E-state index in [1.165, 1.54) is 40.4 Å². The summed E-state index contributed by atoms with van der Waals surface area (Å²) in [6.45, 7) is 3.39. The summed E-state index contributed by atoms with van der Waals surface area (Å²) in [5, 5.41) is 20.6. The minimum absolute atomic E-state index is 0.00452. The van der Waals surface area contributed by atoms with Crippen molar-refractivity contribution in [3.8, 4) is 29.2 Å². The van der Waals surface area contributed by atoms with Crippen LogP contribution in [0.1, 0.15) is 38.2 Å². The predicted octanol–water partition coefficient (Wildman–Crippen LogP) is 3.35. The largest absolute Gasteiger partial charge is 0.494 e. The fraction of sp³-hybridized carbons (Fsp3) is 0.240. The van der Waals surface area contributed by atoms with Gasteiger partial charge in [0.25, 0.3) is 5.56 Å². The maximum absolute atomic E-state index is 13.5. The average molecular weight is 448 g/mol. The van der Waals surface area contributed by atoms with Gasteiger partial charge in [0.05, 0.1) is 33.4 Å². The number of carbonyl (C=O) groups excluding carboxylic acids is 1. The quantitative estimate of drug-likeness (QED) is 0.552. The molecule has 0 atom stereocenters. The van der Waals surface area contributed by atoms with Crippen LogP contribution in [0.5, 0.6) is 23.1 Å². The minimum Gasteiger partial charge on any atom is -0.494 e. The summed E-state index contributed by atoms with van der Waals surface area (Å²) < 4.78 is 17.0. The predicted molar refractivity (Wildman–Crippen MR) is 122 cm³/mol. The molecule has 0 aliphatic carbocycles. The molecule has 3 aromatic rings. The van der Waals surface area contributed by atoms with Gasteiger partial charge in [0.2, 0.25) is 11.6 Å². The van der Waals surface area contributed by atoms with E-state index in [2.05, 4.69) is 0 Å². The van der Waals surface area contributed by atoms with E-state index in [4.69, 9.17) is 14.2 Å².